The number of hydrogen-bond donors (Lipinski definition) is 1. The van der Waals surface area contributed by atoms with Gasteiger partial charge in [-0.3, -0.25) is 0 Å². The van der Waals surface area contributed by atoms with Crippen LogP contribution in [0.1, 0.15) is 11.1 Å². The van der Waals surface area contributed by atoms with Crippen LogP contribution in [-0.2, 0) is 6.42 Å². The molecule has 76 valence electrons. The maximum atomic E-state index is 6.12. The Morgan fingerprint density at radius 3 is 2.40 bits per heavy atom. The summed E-state index contributed by atoms with van der Waals surface area (Å²) in [5.41, 5.74) is 8.70. The second-order valence-electron chi connectivity index (χ2n) is 3.48. The third-order valence-electron chi connectivity index (χ3n) is 2.35. The van der Waals surface area contributed by atoms with Crippen molar-refractivity contribution in [1.82, 2.24) is 0 Å². The lowest BCUT2D eigenvalue weighted by molar-refractivity contribution is 1.19. The summed E-state index contributed by atoms with van der Waals surface area (Å²) in [7, 11) is 0. The molecule has 2 aromatic rings. The summed E-state index contributed by atoms with van der Waals surface area (Å²) in [6.45, 7) is 0. The van der Waals surface area contributed by atoms with Gasteiger partial charge in [-0.25, -0.2) is 0 Å². The van der Waals surface area contributed by atoms with E-state index >= 15 is 0 Å². The van der Waals surface area contributed by atoms with Gasteiger partial charge in [-0.15, -0.1) is 0 Å². The van der Waals surface area contributed by atoms with Crippen LogP contribution in [0.5, 0.6) is 0 Å². The van der Waals surface area contributed by atoms with Gasteiger partial charge in [0.1, 0.15) is 0 Å². The van der Waals surface area contributed by atoms with Crippen molar-refractivity contribution in [3.8, 4) is 0 Å². The maximum Gasteiger partial charge on any atom is 0.0670 e. The third kappa shape index (κ3) is 2.31. The lowest BCUT2D eigenvalue weighted by Crippen LogP contribution is -1.93. The van der Waals surface area contributed by atoms with Gasteiger partial charge < -0.3 is 5.73 Å². The molecule has 0 heterocycles. The monoisotopic (exact) mass is 217 g/mol. The predicted octanol–water partition coefficient (Wildman–Crippen LogP) is 3.51. The van der Waals surface area contributed by atoms with Gasteiger partial charge in [0, 0.05) is 0 Å². The third-order valence-corrected chi connectivity index (χ3v) is 2.81. The number of halogens is 1. The van der Waals surface area contributed by atoms with Crippen molar-refractivity contribution in [2.45, 2.75) is 6.42 Å². The van der Waals surface area contributed by atoms with Gasteiger partial charge in [0.05, 0.1) is 10.7 Å². The fraction of sp³-hybridized carbons (Fsp3) is 0.0769. The van der Waals surface area contributed by atoms with Crippen LogP contribution in [0, 0.1) is 0 Å². The SMILES string of the molecule is Nc1cccc(Cc2ccccc2)c1Cl. The molecule has 0 saturated carbocycles. The summed E-state index contributed by atoms with van der Waals surface area (Å²) < 4.78 is 0. The Bertz CT molecular complexity index is 451. The van der Waals surface area contributed by atoms with Crippen LogP contribution in [0.3, 0.4) is 0 Å². The molecule has 2 aromatic carbocycles. The molecule has 0 unspecified atom stereocenters. The van der Waals surface area contributed by atoms with Gasteiger partial charge in [-0.1, -0.05) is 54.1 Å². The first-order valence-electron chi connectivity index (χ1n) is 4.84. The van der Waals surface area contributed by atoms with Crippen LogP contribution in [-0.4, -0.2) is 0 Å². The standard InChI is InChI=1S/C13H12ClN/c14-13-11(7-4-8-12(13)15)9-10-5-2-1-3-6-10/h1-8H,9,15H2. The minimum atomic E-state index is 0.644. The summed E-state index contributed by atoms with van der Waals surface area (Å²) in [6.07, 6.45) is 0.824. The molecule has 1 nitrogen and oxygen atoms in total. The molecule has 0 aliphatic heterocycles. The van der Waals surface area contributed by atoms with Crippen LogP contribution in [0.25, 0.3) is 0 Å². The topological polar surface area (TPSA) is 26.0 Å². The molecule has 2 rings (SSSR count). The highest BCUT2D eigenvalue weighted by Gasteiger charge is 2.03. The minimum Gasteiger partial charge on any atom is -0.398 e. The Kier molecular flexibility index (Phi) is 2.93. The van der Waals surface area contributed by atoms with Crippen molar-refractivity contribution >= 4 is 17.3 Å². The van der Waals surface area contributed by atoms with Crippen LogP contribution < -0.4 is 5.73 Å². The lowest BCUT2D eigenvalue weighted by atomic mass is 10.0. The molecule has 0 aromatic heterocycles. The molecular weight excluding hydrogens is 206 g/mol. The number of rotatable bonds is 2. The van der Waals surface area contributed by atoms with Crippen molar-refractivity contribution in [2.75, 3.05) is 5.73 Å². The van der Waals surface area contributed by atoms with E-state index in [4.69, 9.17) is 17.3 Å². The Labute approximate surface area is 94.5 Å². The van der Waals surface area contributed by atoms with Crippen LogP contribution in [0.4, 0.5) is 5.69 Å². The lowest BCUT2D eigenvalue weighted by Gasteiger charge is -2.06. The highest BCUT2D eigenvalue weighted by Crippen LogP contribution is 2.25. The Morgan fingerprint density at radius 2 is 1.67 bits per heavy atom. The zero-order chi connectivity index (χ0) is 10.7. The van der Waals surface area contributed by atoms with Gasteiger partial charge in [-0.05, 0) is 23.6 Å². The molecule has 0 spiro atoms. The van der Waals surface area contributed by atoms with E-state index in [1.807, 2.05) is 36.4 Å². The van der Waals surface area contributed by atoms with Gasteiger partial charge in [0.15, 0.2) is 0 Å². The molecule has 2 N–H and O–H groups in total. The summed E-state index contributed by atoms with van der Waals surface area (Å²) in [6, 6.07) is 16.0. The van der Waals surface area contributed by atoms with Crippen molar-refractivity contribution in [3.05, 3.63) is 64.7 Å². The number of nitrogens with two attached hydrogens (primary N) is 1. The van der Waals surface area contributed by atoms with Gasteiger partial charge in [-0.2, -0.15) is 0 Å². The summed E-state index contributed by atoms with van der Waals surface area (Å²) in [4.78, 5) is 0. The van der Waals surface area contributed by atoms with E-state index in [2.05, 4.69) is 12.1 Å². The first kappa shape index (κ1) is 10.1. The average molecular weight is 218 g/mol. The van der Waals surface area contributed by atoms with Crippen molar-refractivity contribution in [1.29, 1.82) is 0 Å². The molecule has 15 heavy (non-hydrogen) atoms. The fourth-order valence-electron chi connectivity index (χ4n) is 1.55. The summed E-state index contributed by atoms with van der Waals surface area (Å²) in [5.74, 6) is 0. The van der Waals surface area contributed by atoms with E-state index in [1.165, 1.54) is 5.56 Å². The Hall–Kier alpha value is -1.47. The van der Waals surface area contributed by atoms with E-state index in [1.54, 1.807) is 0 Å². The summed E-state index contributed by atoms with van der Waals surface area (Å²) in [5, 5.41) is 0.668. The van der Waals surface area contributed by atoms with Gasteiger partial charge >= 0.3 is 0 Å². The molecule has 0 amide bonds. The maximum absolute atomic E-state index is 6.12. The second-order valence-corrected chi connectivity index (χ2v) is 3.86. The van der Waals surface area contributed by atoms with Crippen LogP contribution in [0.2, 0.25) is 5.02 Å². The van der Waals surface area contributed by atoms with Crippen molar-refractivity contribution in [2.24, 2.45) is 0 Å². The highest BCUT2D eigenvalue weighted by molar-refractivity contribution is 6.33. The highest BCUT2D eigenvalue weighted by atomic mass is 35.5. The Balaban J connectivity index is 2.29. The molecule has 0 fully saturated rings. The molecule has 0 aliphatic rings. The van der Waals surface area contributed by atoms with E-state index in [-0.39, 0.29) is 0 Å². The molecular formula is C13H12ClN. The van der Waals surface area contributed by atoms with E-state index < -0.39 is 0 Å². The molecule has 0 bridgehead atoms. The van der Waals surface area contributed by atoms with Crippen molar-refractivity contribution < 1.29 is 0 Å². The average Bonchev–Trinajstić information content (AvgIpc) is 2.26. The predicted molar refractivity (Wildman–Crippen MR) is 65.1 cm³/mol. The zero-order valence-corrected chi connectivity index (χ0v) is 9.04. The van der Waals surface area contributed by atoms with Crippen LogP contribution in [0.15, 0.2) is 48.5 Å². The van der Waals surface area contributed by atoms with E-state index in [0.717, 1.165) is 12.0 Å². The first-order valence-corrected chi connectivity index (χ1v) is 5.22. The van der Waals surface area contributed by atoms with E-state index in [0.29, 0.717) is 10.7 Å². The smallest absolute Gasteiger partial charge is 0.0670 e. The first-order chi connectivity index (χ1) is 7.27. The molecule has 2 heteroatoms. The summed E-state index contributed by atoms with van der Waals surface area (Å²) >= 11 is 6.12. The number of benzene rings is 2. The Morgan fingerprint density at radius 1 is 0.933 bits per heavy atom. The molecule has 0 atom stereocenters. The number of nitrogen functional groups attached to an aromatic ring is 1. The largest absolute Gasteiger partial charge is 0.398 e. The van der Waals surface area contributed by atoms with Crippen molar-refractivity contribution in [3.63, 3.8) is 0 Å². The van der Waals surface area contributed by atoms with E-state index in [9.17, 15) is 0 Å². The number of anilines is 1. The van der Waals surface area contributed by atoms with Crippen LogP contribution >= 0.6 is 11.6 Å². The fourth-order valence-corrected chi connectivity index (χ4v) is 1.74. The molecule has 0 radical (unpaired) electrons. The number of hydrogen-bond acceptors (Lipinski definition) is 1. The zero-order valence-electron chi connectivity index (χ0n) is 8.28. The quantitative estimate of drug-likeness (QED) is 0.766. The normalized spacial score (nSPS) is 10.2. The second kappa shape index (κ2) is 4.37. The minimum absolute atomic E-state index is 0.644. The van der Waals surface area contributed by atoms with Gasteiger partial charge in [0.25, 0.3) is 0 Å². The molecule has 0 aliphatic carbocycles. The van der Waals surface area contributed by atoms with Gasteiger partial charge in [0.2, 0.25) is 0 Å². The molecule has 0 saturated heterocycles.